The number of H-pyrrole nitrogens is 1. The minimum atomic E-state index is -0.497. The Balaban J connectivity index is 2.04. The number of methoxy groups -OCH3 is 1. The van der Waals surface area contributed by atoms with E-state index < -0.39 is 5.97 Å². The fourth-order valence-corrected chi connectivity index (χ4v) is 3.04. The van der Waals surface area contributed by atoms with E-state index in [0.29, 0.717) is 16.6 Å². The summed E-state index contributed by atoms with van der Waals surface area (Å²) in [4.78, 5) is 32.8. The first-order chi connectivity index (χ1) is 11.7. The van der Waals surface area contributed by atoms with Gasteiger partial charge in [0.05, 0.1) is 23.9 Å². The lowest BCUT2D eigenvalue weighted by Gasteiger charge is -2.05. The molecule has 2 N–H and O–H groups in total. The Morgan fingerprint density at radius 2 is 2.00 bits per heavy atom. The van der Waals surface area contributed by atoms with E-state index in [1.807, 2.05) is 30.3 Å². The first-order valence-corrected chi connectivity index (χ1v) is 7.43. The molecule has 24 heavy (non-hydrogen) atoms. The van der Waals surface area contributed by atoms with E-state index in [4.69, 9.17) is 9.57 Å². The molecule has 0 aliphatic carbocycles. The average molecular weight is 322 g/mol. The van der Waals surface area contributed by atoms with Crippen LogP contribution < -0.4 is 5.48 Å². The molecule has 0 saturated carbocycles. The molecule has 0 atom stereocenters. The molecule has 0 unspecified atom stereocenters. The highest BCUT2D eigenvalue weighted by atomic mass is 16.7. The van der Waals surface area contributed by atoms with Crippen molar-refractivity contribution in [3.8, 4) is 11.3 Å². The van der Waals surface area contributed by atoms with Crippen LogP contribution in [-0.2, 0) is 16.2 Å². The van der Waals surface area contributed by atoms with Crippen LogP contribution in [0.15, 0.2) is 42.5 Å². The average Bonchev–Trinajstić information content (AvgIpc) is 2.90. The lowest BCUT2D eigenvalue weighted by atomic mass is 10.00. The molecule has 1 amide bonds. The number of aromatic nitrogens is 1. The van der Waals surface area contributed by atoms with Crippen molar-refractivity contribution in [2.45, 2.75) is 6.61 Å². The number of esters is 1. The lowest BCUT2D eigenvalue weighted by molar-refractivity contribution is 0.0256. The highest BCUT2D eigenvalue weighted by molar-refractivity contribution is 6.12. The van der Waals surface area contributed by atoms with Gasteiger partial charge in [-0.15, -0.1) is 0 Å². The van der Waals surface area contributed by atoms with E-state index in [9.17, 15) is 9.59 Å². The maximum absolute atomic E-state index is 12.3. The van der Waals surface area contributed by atoms with E-state index in [-0.39, 0.29) is 12.5 Å². The molecule has 2 aromatic carbocycles. The minimum Gasteiger partial charge on any atom is -0.465 e. The summed E-state index contributed by atoms with van der Waals surface area (Å²) in [6.45, 7) is 0.237. The summed E-state index contributed by atoms with van der Waals surface area (Å²) in [5.41, 5.74) is 6.51. The first-order valence-electron chi connectivity index (χ1n) is 7.43. The van der Waals surface area contributed by atoms with Gasteiger partial charge in [-0.2, -0.15) is 0 Å². The molecular weight excluding hydrogens is 308 g/mol. The topological polar surface area (TPSA) is 80.4 Å². The van der Waals surface area contributed by atoms with Crippen LogP contribution in [0, 0.1) is 0 Å². The third kappa shape index (κ3) is 2.16. The highest BCUT2D eigenvalue weighted by Gasteiger charge is 2.25. The number of hydrogen-bond donors (Lipinski definition) is 2. The summed E-state index contributed by atoms with van der Waals surface area (Å²) in [6, 6.07) is 13.0. The SMILES string of the molecule is COC(=O)c1cc2c3c(c(-c4ccccc4)[nH]c3c1)CONC2=O. The predicted octanol–water partition coefficient (Wildman–Crippen LogP) is 2.80. The molecule has 0 spiro atoms. The highest BCUT2D eigenvalue weighted by Crippen LogP contribution is 2.35. The first kappa shape index (κ1) is 14.5. The van der Waals surface area contributed by atoms with Gasteiger partial charge < -0.3 is 9.72 Å². The Morgan fingerprint density at radius 3 is 2.75 bits per heavy atom. The fourth-order valence-electron chi connectivity index (χ4n) is 3.04. The van der Waals surface area contributed by atoms with Crippen LogP contribution in [-0.4, -0.2) is 24.0 Å². The maximum Gasteiger partial charge on any atom is 0.337 e. The van der Waals surface area contributed by atoms with Crippen molar-refractivity contribution in [1.29, 1.82) is 0 Å². The summed E-state index contributed by atoms with van der Waals surface area (Å²) in [7, 11) is 1.31. The number of carbonyl (C=O) groups is 2. The van der Waals surface area contributed by atoms with Crippen molar-refractivity contribution in [2.24, 2.45) is 0 Å². The van der Waals surface area contributed by atoms with E-state index >= 15 is 0 Å². The summed E-state index contributed by atoms with van der Waals surface area (Å²) in [5.74, 6) is -0.883. The number of amides is 1. The Morgan fingerprint density at radius 1 is 1.21 bits per heavy atom. The fraction of sp³-hybridized carbons (Fsp3) is 0.111. The van der Waals surface area contributed by atoms with E-state index in [1.165, 1.54) is 13.2 Å². The van der Waals surface area contributed by atoms with Crippen molar-refractivity contribution >= 4 is 22.8 Å². The number of aromatic amines is 1. The molecular formula is C18H14N2O4. The Bertz CT molecular complexity index is 960. The smallest absolute Gasteiger partial charge is 0.337 e. The molecule has 0 saturated heterocycles. The monoisotopic (exact) mass is 322 g/mol. The zero-order valence-corrected chi connectivity index (χ0v) is 12.9. The van der Waals surface area contributed by atoms with Gasteiger partial charge in [0.25, 0.3) is 5.91 Å². The van der Waals surface area contributed by atoms with Gasteiger partial charge in [0.15, 0.2) is 0 Å². The van der Waals surface area contributed by atoms with Crippen LogP contribution in [0.2, 0.25) is 0 Å². The molecule has 1 aliphatic rings. The van der Waals surface area contributed by atoms with Crippen LogP contribution >= 0.6 is 0 Å². The molecule has 120 valence electrons. The number of hydrogen-bond acceptors (Lipinski definition) is 4. The normalized spacial score (nSPS) is 13.5. The zero-order valence-electron chi connectivity index (χ0n) is 12.9. The van der Waals surface area contributed by atoms with Crippen molar-refractivity contribution in [1.82, 2.24) is 10.5 Å². The van der Waals surface area contributed by atoms with Crippen LogP contribution in [0.1, 0.15) is 26.3 Å². The van der Waals surface area contributed by atoms with E-state index in [1.54, 1.807) is 6.07 Å². The molecule has 6 heteroatoms. The standard InChI is InChI=1S/C18H14N2O4/c1-23-18(22)11-7-12-15-13(9-24-20-17(12)21)16(19-14(15)8-11)10-5-3-2-4-6-10/h2-8,19H,9H2,1H3,(H,20,21). The second kappa shape index (κ2) is 5.50. The van der Waals surface area contributed by atoms with Crippen LogP contribution in [0.25, 0.3) is 22.2 Å². The van der Waals surface area contributed by atoms with Gasteiger partial charge in [-0.25, -0.2) is 10.3 Å². The number of hydroxylamine groups is 1. The largest absolute Gasteiger partial charge is 0.465 e. The van der Waals surface area contributed by atoms with Gasteiger partial charge in [0, 0.05) is 16.5 Å². The van der Waals surface area contributed by atoms with Crippen molar-refractivity contribution < 1.29 is 19.2 Å². The summed E-state index contributed by atoms with van der Waals surface area (Å²) >= 11 is 0. The number of ether oxygens (including phenoxy) is 1. The number of nitrogens with one attached hydrogen (secondary N) is 2. The Kier molecular flexibility index (Phi) is 3.32. The predicted molar refractivity (Wildman–Crippen MR) is 87.3 cm³/mol. The molecule has 6 nitrogen and oxygen atoms in total. The molecule has 4 rings (SSSR count). The molecule has 0 fully saturated rings. The second-order valence-corrected chi connectivity index (χ2v) is 5.50. The summed E-state index contributed by atoms with van der Waals surface area (Å²) in [5, 5.41) is 0.761. The number of carbonyl (C=O) groups excluding carboxylic acids is 2. The van der Waals surface area contributed by atoms with Gasteiger partial charge >= 0.3 is 5.97 Å². The Hall–Kier alpha value is -3.12. The molecule has 2 heterocycles. The third-order valence-electron chi connectivity index (χ3n) is 4.11. The third-order valence-corrected chi connectivity index (χ3v) is 4.11. The molecule has 0 bridgehead atoms. The van der Waals surface area contributed by atoms with E-state index in [2.05, 4.69) is 10.5 Å². The quantitative estimate of drug-likeness (QED) is 0.711. The van der Waals surface area contributed by atoms with Crippen LogP contribution in [0.5, 0.6) is 0 Å². The molecule has 1 aromatic heterocycles. The molecule has 3 aromatic rings. The van der Waals surface area contributed by atoms with Crippen molar-refractivity contribution in [3.63, 3.8) is 0 Å². The van der Waals surface area contributed by atoms with Gasteiger partial charge in [-0.1, -0.05) is 30.3 Å². The molecule has 1 aliphatic heterocycles. The number of rotatable bonds is 2. The maximum atomic E-state index is 12.3. The second-order valence-electron chi connectivity index (χ2n) is 5.50. The van der Waals surface area contributed by atoms with Crippen LogP contribution in [0.3, 0.4) is 0 Å². The Labute approximate surface area is 137 Å². The molecule has 0 radical (unpaired) electrons. The summed E-state index contributed by atoms with van der Waals surface area (Å²) in [6.07, 6.45) is 0. The zero-order chi connectivity index (χ0) is 16.7. The number of benzene rings is 2. The van der Waals surface area contributed by atoms with E-state index in [0.717, 1.165) is 22.2 Å². The van der Waals surface area contributed by atoms with Gasteiger partial charge in [0.2, 0.25) is 0 Å². The van der Waals surface area contributed by atoms with Gasteiger partial charge in [0.1, 0.15) is 6.61 Å². The van der Waals surface area contributed by atoms with Gasteiger partial charge in [-0.05, 0) is 17.7 Å². The summed E-state index contributed by atoms with van der Waals surface area (Å²) < 4.78 is 4.78. The minimum absolute atomic E-state index is 0.237. The van der Waals surface area contributed by atoms with Crippen molar-refractivity contribution in [3.05, 3.63) is 59.2 Å². The lowest BCUT2D eigenvalue weighted by Crippen LogP contribution is -2.22. The van der Waals surface area contributed by atoms with Crippen molar-refractivity contribution in [2.75, 3.05) is 7.11 Å². The van der Waals surface area contributed by atoms with Crippen LogP contribution in [0.4, 0.5) is 0 Å². The van der Waals surface area contributed by atoms with Gasteiger partial charge in [-0.3, -0.25) is 9.63 Å².